The maximum atomic E-state index is 2.35. The van der Waals surface area contributed by atoms with Gasteiger partial charge in [0.05, 0.1) is 0 Å². The highest BCUT2D eigenvalue weighted by Gasteiger charge is 2.19. The van der Waals surface area contributed by atoms with Crippen molar-refractivity contribution in [2.75, 3.05) is 0 Å². The second-order valence-electron chi connectivity index (χ2n) is 4.52. The summed E-state index contributed by atoms with van der Waals surface area (Å²) < 4.78 is 0. The van der Waals surface area contributed by atoms with Gasteiger partial charge in [0.1, 0.15) is 0 Å². The van der Waals surface area contributed by atoms with Crippen molar-refractivity contribution < 1.29 is 0 Å². The molecule has 1 aromatic carbocycles. The lowest BCUT2D eigenvalue weighted by Crippen LogP contribution is -2.15. The van der Waals surface area contributed by atoms with Gasteiger partial charge in [-0.15, -0.1) is 0 Å². The van der Waals surface area contributed by atoms with Crippen LogP contribution in [0, 0.1) is 11.8 Å². The molecule has 0 aliphatic heterocycles. The van der Waals surface area contributed by atoms with Gasteiger partial charge in [-0.2, -0.15) is 0 Å². The van der Waals surface area contributed by atoms with Crippen LogP contribution < -0.4 is 0 Å². The van der Waals surface area contributed by atoms with Gasteiger partial charge >= 0.3 is 0 Å². The minimum atomic E-state index is 0.682. The Labute approximate surface area is 88.4 Å². The highest BCUT2D eigenvalue weighted by molar-refractivity contribution is 5.19. The Morgan fingerprint density at radius 3 is 2.00 bits per heavy atom. The third-order valence-corrected chi connectivity index (χ3v) is 3.30. The van der Waals surface area contributed by atoms with Crippen molar-refractivity contribution in [3.63, 3.8) is 0 Å². The van der Waals surface area contributed by atoms with Crippen LogP contribution in [0.1, 0.15) is 45.6 Å². The first-order valence-corrected chi connectivity index (χ1v) is 5.71. The highest BCUT2D eigenvalue weighted by Crippen LogP contribution is 2.31. The summed E-state index contributed by atoms with van der Waals surface area (Å²) in [6.45, 7) is 9.30. The quantitative estimate of drug-likeness (QED) is 0.657. The van der Waals surface area contributed by atoms with E-state index in [1.807, 2.05) is 0 Å². The molecule has 0 saturated heterocycles. The van der Waals surface area contributed by atoms with Crippen LogP contribution in [0.25, 0.3) is 0 Å². The predicted octanol–water partition coefficient (Wildman–Crippen LogP) is 4.47. The van der Waals surface area contributed by atoms with E-state index in [-0.39, 0.29) is 0 Å². The van der Waals surface area contributed by atoms with Crippen molar-refractivity contribution in [2.45, 2.75) is 40.0 Å². The van der Waals surface area contributed by atoms with Crippen molar-refractivity contribution in [1.82, 2.24) is 0 Å². The molecule has 0 saturated carbocycles. The van der Waals surface area contributed by atoms with E-state index in [0.29, 0.717) is 5.92 Å². The monoisotopic (exact) mass is 190 g/mol. The lowest BCUT2D eigenvalue weighted by Gasteiger charge is -2.26. The average Bonchev–Trinajstić information content (AvgIpc) is 2.19. The minimum Gasteiger partial charge on any atom is -0.0651 e. The second-order valence-corrected chi connectivity index (χ2v) is 4.52. The van der Waals surface area contributed by atoms with Crippen molar-refractivity contribution in [3.05, 3.63) is 35.9 Å². The van der Waals surface area contributed by atoms with Gasteiger partial charge in [-0.1, -0.05) is 64.4 Å². The summed E-state index contributed by atoms with van der Waals surface area (Å²) in [7, 11) is 0. The molecule has 2 unspecified atom stereocenters. The molecule has 0 aliphatic carbocycles. The molecule has 14 heavy (non-hydrogen) atoms. The molecule has 1 rings (SSSR count). The molecule has 0 bridgehead atoms. The molecule has 0 N–H and O–H groups in total. The molecule has 0 aliphatic rings. The smallest absolute Gasteiger partial charge is 0.0160 e. The maximum Gasteiger partial charge on any atom is -0.0160 e. The van der Waals surface area contributed by atoms with Crippen molar-refractivity contribution in [2.24, 2.45) is 11.8 Å². The van der Waals surface area contributed by atoms with Gasteiger partial charge in [-0.25, -0.2) is 0 Å². The third kappa shape index (κ3) is 2.60. The van der Waals surface area contributed by atoms with Gasteiger partial charge in [0.25, 0.3) is 0 Å². The van der Waals surface area contributed by atoms with E-state index < -0.39 is 0 Å². The molecule has 0 radical (unpaired) electrons. The van der Waals surface area contributed by atoms with E-state index in [2.05, 4.69) is 58.0 Å². The van der Waals surface area contributed by atoms with Gasteiger partial charge in [0.15, 0.2) is 0 Å². The molecule has 2 atom stereocenters. The Balaban J connectivity index is 2.78. The number of benzene rings is 1. The zero-order chi connectivity index (χ0) is 10.6. The first-order chi connectivity index (χ1) is 6.66. The van der Waals surface area contributed by atoms with Gasteiger partial charge in [0, 0.05) is 0 Å². The van der Waals surface area contributed by atoms with Crippen LogP contribution in [0.2, 0.25) is 0 Å². The van der Waals surface area contributed by atoms with Crippen molar-refractivity contribution in [1.29, 1.82) is 0 Å². The van der Waals surface area contributed by atoms with E-state index in [1.165, 1.54) is 12.0 Å². The summed E-state index contributed by atoms with van der Waals surface area (Å²) in [5.41, 5.74) is 1.48. The summed E-state index contributed by atoms with van der Waals surface area (Å²) >= 11 is 0. The first kappa shape index (κ1) is 11.3. The minimum absolute atomic E-state index is 0.682. The van der Waals surface area contributed by atoms with Gasteiger partial charge in [-0.05, 0) is 23.3 Å². The van der Waals surface area contributed by atoms with E-state index in [4.69, 9.17) is 0 Å². The van der Waals surface area contributed by atoms with Gasteiger partial charge in [0.2, 0.25) is 0 Å². The molecule has 0 spiro atoms. The van der Waals surface area contributed by atoms with Gasteiger partial charge < -0.3 is 0 Å². The Hall–Kier alpha value is -0.780. The van der Waals surface area contributed by atoms with E-state index in [1.54, 1.807) is 0 Å². The molecular formula is C14H22. The first-order valence-electron chi connectivity index (χ1n) is 5.71. The normalized spacial score (nSPS) is 15.5. The predicted molar refractivity (Wildman–Crippen MR) is 63.5 cm³/mol. The lowest BCUT2D eigenvalue weighted by atomic mass is 9.79. The molecule has 0 aromatic heterocycles. The summed E-state index contributed by atoms with van der Waals surface area (Å²) in [6.07, 6.45) is 1.27. The zero-order valence-electron chi connectivity index (χ0n) is 9.83. The van der Waals surface area contributed by atoms with Crippen molar-refractivity contribution >= 4 is 0 Å². The summed E-state index contributed by atoms with van der Waals surface area (Å²) in [5, 5.41) is 0. The Morgan fingerprint density at radius 2 is 1.57 bits per heavy atom. The molecule has 0 heteroatoms. The van der Waals surface area contributed by atoms with Crippen molar-refractivity contribution in [3.8, 4) is 0 Å². The van der Waals surface area contributed by atoms with E-state index in [9.17, 15) is 0 Å². The third-order valence-electron chi connectivity index (χ3n) is 3.30. The van der Waals surface area contributed by atoms with Gasteiger partial charge in [-0.3, -0.25) is 0 Å². The van der Waals surface area contributed by atoms with Crippen LogP contribution in [0.3, 0.4) is 0 Å². The number of hydrogen-bond donors (Lipinski definition) is 0. The fraction of sp³-hybridized carbons (Fsp3) is 0.571. The molecule has 0 amide bonds. The molecule has 78 valence electrons. The summed E-state index contributed by atoms with van der Waals surface area (Å²) in [5.74, 6) is 2.26. The van der Waals surface area contributed by atoms with Crippen LogP contribution in [0.15, 0.2) is 30.3 Å². The Morgan fingerprint density at radius 1 is 1.00 bits per heavy atom. The highest BCUT2D eigenvalue weighted by atomic mass is 14.2. The average molecular weight is 190 g/mol. The lowest BCUT2D eigenvalue weighted by molar-refractivity contribution is 0.321. The largest absolute Gasteiger partial charge is 0.0651 e. The molecule has 0 fully saturated rings. The Bertz CT molecular complexity index is 248. The molecule has 1 aromatic rings. The van der Waals surface area contributed by atoms with Crippen LogP contribution in [0.4, 0.5) is 0 Å². The zero-order valence-corrected chi connectivity index (χ0v) is 9.83. The van der Waals surface area contributed by atoms with Crippen LogP contribution in [0.5, 0.6) is 0 Å². The fourth-order valence-electron chi connectivity index (χ4n) is 2.41. The Kier molecular flexibility index (Phi) is 4.19. The maximum absolute atomic E-state index is 2.35. The number of hydrogen-bond acceptors (Lipinski definition) is 0. The molecule has 0 nitrogen and oxygen atoms in total. The number of rotatable bonds is 4. The van der Waals surface area contributed by atoms with Crippen LogP contribution in [-0.2, 0) is 0 Å². The molecular weight excluding hydrogens is 168 g/mol. The fourth-order valence-corrected chi connectivity index (χ4v) is 2.41. The second kappa shape index (κ2) is 5.19. The van der Waals surface area contributed by atoms with E-state index in [0.717, 1.165) is 11.8 Å². The van der Waals surface area contributed by atoms with E-state index >= 15 is 0 Å². The van der Waals surface area contributed by atoms with Crippen LogP contribution >= 0.6 is 0 Å². The summed E-state index contributed by atoms with van der Waals surface area (Å²) in [4.78, 5) is 0. The standard InChI is InChI=1S/C14H22/c1-5-14(11(2)3)12(4)13-9-7-6-8-10-13/h6-12,14H,5H2,1-4H3. The SMILES string of the molecule is CCC(C(C)C)C(C)c1ccccc1. The molecule has 0 heterocycles. The summed E-state index contributed by atoms with van der Waals surface area (Å²) in [6, 6.07) is 10.9. The topological polar surface area (TPSA) is 0 Å². The van der Waals surface area contributed by atoms with Crippen LogP contribution in [-0.4, -0.2) is 0 Å².